The van der Waals surface area contributed by atoms with Crippen molar-refractivity contribution in [3.8, 4) is 0 Å². The first-order valence-electron chi connectivity index (χ1n) is 7.39. The van der Waals surface area contributed by atoms with Crippen molar-refractivity contribution in [2.45, 2.75) is 76.9 Å². The number of hydrogen-bond donors (Lipinski definition) is 0. The van der Waals surface area contributed by atoms with E-state index in [4.69, 9.17) is 4.74 Å². The summed E-state index contributed by atoms with van der Waals surface area (Å²) in [5.41, 5.74) is -0.0271. The van der Waals surface area contributed by atoms with Gasteiger partial charge in [0.05, 0.1) is 17.6 Å². The van der Waals surface area contributed by atoms with Crippen LogP contribution < -0.4 is 0 Å². The molecule has 0 heterocycles. The number of carbonyl (C=O) groups is 1. The van der Waals surface area contributed by atoms with E-state index in [0.717, 1.165) is 18.8 Å². The van der Waals surface area contributed by atoms with Crippen molar-refractivity contribution >= 4 is 5.78 Å². The molecule has 3 aliphatic rings. The van der Waals surface area contributed by atoms with Crippen LogP contribution >= 0.6 is 0 Å². The van der Waals surface area contributed by atoms with E-state index >= 15 is 0 Å². The Bertz CT molecular complexity index is 304. The van der Waals surface area contributed by atoms with Crippen LogP contribution in [0.2, 0.25) is 0 Å². The van der Waals surface area contributed by atoms with Crippen LogP contribution in [0.25, 0.3) is 0 Å². The molecule has 96 valence electrons. The molecule has 1 spiro atoms. The number of carbonyl (C=O) groups excluding carboxylic acids is 1. The summed E-state index contributed by atoms with van der Waals surface area (Å²) in [6.07, 6.45) is 11.1. The average molecular weight is 236 g/mol. The SMILES string of the molecule is CC1CCCC(OC2CC(=O)C23CCCC3)C1. The Labute approximate surface area is 104 Å². The van der Waals surface area contributed by atoms with Gasteiger partial charge in [0.25, 0.3) is 0 Å². The van der Waals surface area contributed by atoms with Gasteiger partial charge >= 0.3 is 0 Å². The molecule has 17 heavy (non-hydrogen) atoms. The molecule has 3 saturated carbocycles. The number of Topliss-reactive ketones (excluding diaryl/α,β-unsaturated/α-hetero) is 1. The van der Waals surface area contributed by atoms with Crippen molar-refractivity contribution in [3.05, 3.63) is 0 Å². The highest BCUT2D eigenvalue weighted by Crippen LogP contribution is 2.52. The van der Waals surface area contributed by atoms with Crippen molar-refractivity contribution in [1.29, 1.82) is 0 Å². The van der Waals surface area contributed by atoms with Crippen LogP contribution in [0.3, 0.4) is 0 Å². The van der Waals surface area contributed by atoms with Gasteiger partial charge in [-0.15, -0.1) is 0 Å². The van der Waals surface area contributed by atoms with Gasteiger partial charge in [0.1, 0.15) is 5.78 Å². The molecular weight excluding hydrogens is 212 g/mol. The van der Waals surface area contributed by atoms with Crippen LogP contribution in [0.4, 0.5) is 0 Å². The molecule has 0 bridgehead atoms. The number of ether oxygens (including phenoxy) is 1. The van der Waals surface area contributed by atoms with Crippen molar-refractivity contribution in [1.82, 2.24) is 0 Å². The first-order chi connectivity index (χ1) is 8.21. The summed E-state index contributed by atoms with van der Waals surface area (Å²) in [4.78, 5) is 11.9. The van der Waals surface area contributed by atoms with E-state index in [1.165, 1.54) is 38.5 Å². The van der Waals surface area contributed by atoms with Crippen molar-refractivity contribution in [2.24, 2.45) is 11.3 Å². The minimum Gasteiger partial charge on any atom is -0.373 e. The Balaban J connectivity index is 1.60. The van der Waals surface area contributed by atoms with Gasteiger partial charge in [-0.05, 0) is 31.6 Å². The lowest BCUT2D eigenvalue weighted by atomic mass is 9.63. The maximum absolute atomic E-state index is 11.9. The molecule has 0 aromatic carbocycles. The van der Waals surface area contributed by atoms with Crippen LogP contribution in [-0.2, 0) is 9.53 Å². The van der Waals surface area contributed by atoms with Crippen molar-refractivity contribution in [3.63, 3.8) is 0 Å². The number of rotatable bonds is 2. The average Bonchev–Trinajstić information content (AvgIpc) is 2.80. The topological polar surface area (TPSA) is 26.3 Å². The maximum atomic E-state index is 11.9. The number of ketones is 1. The normalized spacial score (nSPS) is 40.5. The zero-order valence-corrected chi connectivity index (χ0v) is 10.9. The molecule has 3 fully saturated rings. The van der Waals surface area contributed by atoms with Crippen LogP contribution in [0.15, 0.2) is 0 Å². The Kier molecular flexibility index (Phi) is 3.02. The lowest BCUT2D eigenvalue weighted by Gasteiger charge is -2.47. The molecule has 0 saturated heterocycles. The molecule has 0 N–H and O–H groups in total. The largest absolute Gasteiger partial charge is 0.373 e. The van der Waals surface area contributed by atoms with E-state index in [2.05, 4.69) is 6.92 Å². The standard InChI is InChI=1S/C15H24O2/c1-11-5-4-6-12(9-11)17-14-10-13(16)15(14)7-2-3-8-15/h11-12,14H,2-10H2,1H3. The van der Waals surface area contributed by atoms with E-state index in [1.54, 1.807) is 0 Å². The molecule has 3 unspecified atom stereocenters. The third kappa shape index (κ3) is 1.95. The van der Waals surface area contributed by atoms with E-state index < -0.39 is 0 Å². The fraction of sp³-hybridized carbons (Fsp3) is 0.933. The highest BCUT2D eigenvalue weighted by molar-refractivity contribution is 5.92. The molecule has 0 aliphatic heterocycles. The molecule has 0 aromatic heterocycles. The smallest absolute Gasteiger partial charge is 0.144 e. The lowest BCUT2D eigenvalue weighted by molar-refractivity contribution is -0.174. The minimum absolute atomic E-state index is 0.0271. The highest BCUT2D eigenvalue weighted by Gasteiger charge is 2.57. The summed E-state index contributed by atoms with van der Waals surface area (Å²) >= 11 is 0. The van der Waals surface area contributed by atoms with Gasteiger partial charge in [0, 0.05) is 6.42 Å². The van der Waals surface area contributed by atoms with Crippen LogP contribution in [-0.4, -0.2) is 18.0 Å². The molecule has 3 rings (SSSR count). The van der Waals surface area contributed by atoms with Gasteiger partial charge in [0.15, 0.2) is 0 Å². The fourth-order valence-electron chi connectivity index (χ4n) is 4.13. The Morgan fingerprint density at radius 2 is 1.94 bits per heavy atom. The van der Waals surface area contributed by atoms with Crippen LogP contribution in [0, 0.1) is 11.3 Å². The van der Waals surface area contributed by atoms with Crippen molar-refractivity contribution < 1.29 is 9.53 Å². The third-order valence-corrected chi connectivity index (χ3v) is 5.28. The van der Waals surface area contributed by atoms with Gasteiger partial charge in [-0.25, -0.2) is 0 Å². The summed E-state index contributed by atoms with van der Waals surface area (Å²) < 4.78 is 6.28. The molecule has 2 nitrogen and oxygen atoms in total. The van der Waals surface area contributed by atoms with Crippen LogP contribution in [0.5, 0.6) is 0 Å². The maximum Gasteiger partial charge on any atom is 0.144 e. The first-order valence-corrected chi connectivity index (χ1v) is 7.39. The Hall–Kier alpha value is -0.370. The minimum atomic E-state index is -0.0271. The van der Waals surface area contributed by atoms with Crippen LogP contribution in [0.1, 0.15) is 64.7 Å². The fourth-order valence-corrected chi connectivity index (χ4v) is 4.13. The summed E-state index contributed by atoms with van der Waals surface area (Å²) in [6.45, 7) is 2.33. The predicted octanol–water partition coefficient (Wildman–Crippen LogP) is 3.48. The lowest BCUT2D eigenvalue weighted by Crippen LogP contribution is -2.55. The summed E-state index contributed by atoms with van der Waals surface area (Å²) in [5.74, 6) is 1.30. The van der Waals surface area contributed by atoms with Gasteiger partial charge in [0.2, 0.25) is 0 Å². The first kappa shape index (κ1) is 11.7. The quantitative estimate of drug-likeness (QED) is 0.733. The Morgan fingerprint density at radius 3 is 2.59 bits per heavy atom. The zero-order valence-electron chi connectivity index (χ0n) is 10.9. The third-order valence-electron chi connectivity index (χ3n) is 5.28. The Morgan fingerprint density at radius 1 is 1.18 bits per heavy atom. The molecule has 2 heteroatoms. The number of hydrogen-bond acceptors (Lipinski definition) is 2. The van der Waals surface area contributed by atoms with E-state index in [0.29, 0.717) is 18.3 Å². The second kappa shape index (κ2) is 4.38. The molecule has 0 aromatic rings. The molecule has 3 atom stereocenters. The predicted molar refractivity (Wildman–Crippen MR) is 66.8 cm³/mol. The molecule has 3 aliphatic carbocycles. The van der Waals surface area contributed by atoms with E-state index in [1.807, 2.05) is 0 Å². The van der Waals surface area contributed by atoms with E-state index in [9.17, 15) is 4.79 Å². The van der Waals surface area contributed by atoms with E-state index in [-0.39, 0.29) is 11.5 Å². The summed E-state index contributed by atoms with van der Waals surface area (Å²) in [5, 5.41) is 0. The zero-order chi connectivity index (χ0) is 11.9. The second-order valence-electron chi connectivity index (χ2n) is 6.51. The highest BCUT2D eigenvalue weighted by atomic mass is 16.5. The molecular formula is C15H24O2. The summed E-state index contributed by atoms with van der Waals surface area (Å²) in [6, 6.07) is 0. The van der Waals surface area contributed by atoms with Gasteiger partial charge in [-0.3, -0.25) is 4.79 Å². The molecule has 0 radical (unpaired) electrons. The molecule has 0 amide bonds. The van der Waals surface area contributed by atoms with Gasteiger partial charge in [-0.1, -0.05) is 32.6 Å². The van der Waals surface area contributed by atoms with Crippen molar-refractivity contribution in [2.75, 3.05) is 0 Å². The monoisotopic (exact) mass is 236 g/mol. The second-order valence-corrected chi connectivity index (χ2v) is 6.51. The van der Waals surface area contributed by atoms with Gasteiger partial charge < -0.3 is 4.74 Å². The van der Waals surface area contributed by atoms with Gasteiger partial charge in [-0.2, -0.15) is 0 Å². The summed E-state index contributed by atoms with van der Waals surface area (Å²) in [7, 11) is 0.